The van der Waals surface area contributed by atoms with Crippen molar-refractivity contribution >= 4 is 21.5 Å². The van der Waals surface area contributed by atoms with Gasteiger partial charge in [0.1, 0.15) is 29.0 Å². The van der Waals surface area contributed by atoms with Gasteiger partial charge in [0.05, 0.1) is 45.6 Å². The highest BCUT2D eigenvalue weighted by molar-refractivity contribution is 7.90. The van der Waals surface area contributed by atoms with E-state index in [2.05, 4.69) is 5.32 Å². The van der Waals surface area contributed by atoms with E-state index in [9.17, 15) is 13.2 Å². The van der Waals surface area contributed by atoms with Crippen molar-refractivity contribution in [1.82, 2.24) is 0 Å². The Hall–Kier alpha value is -3.14. The summed E-state index contributed by atoms with van der Waals surface area (Å²) in [7, 11) is 2.46. The van der Waals surface area contributed by atoms with Crippen molar-refractivity contribution in [2.24, 2.45) is 0 Å². The first kappa shape index (κ1) is 25.1. The Bertz CT molecular complexity index is 1030. The van der Waals surface area contributed by atoms with Crippen molar-refractivity contribution < 1.29 is 37.3 Å². The Morgan fingerprint density at radius 1 is 0.969 bits per heavy atom. The van der Waals surface area contributed by atoms with Crippen molar-refractivity contribution in [2.45, 2.75) is 25.1 Å². The molecular weight excluding hydrogens is 438 g/mol. The molecule has 0 saturated carbocycles. The number of sulfone groups is 1. The van der Waals surface area contributed by atoms with E-state index in [0.717, 1.165) is 0 Å². The zero-order chi connectivity index (χ0) is 23.9. The molecule has 0 aromatic heterocycles. The van der Waals surface area contributed by atoms with Gasteiger partial charge in [-0.25, -0.2) is 8.42 Å². The number of benzene rings is 2. The Morgan fingerprint density at radius 2 is 1.56 bits per heavy atom. The predicted octanol–water partition coefficient (Wildman–Crippen LogP) is 2.76. The van der Waals surface area contributed by atoms with Crippen molar-refractivity contribution in [1.29, 1.82) is 0 Å². The van der Waals surface area contributed by atoms with E-state index in [0.29, 0.717) is 39.8 Å². The molecule has 0 fully saturated rings. The van der Waals surface area contributed by atoms with Crippen LogP contribution in [0, 0.1) is 0 Å². The van der Waals surface area contributed by atoms with Gasteiger partial charge in [-0.05, 0) is 31.0 Å². The molecule has 2 N–H and O–H groups in total. The third-order valence-electron chi connectivity index (χ3n) is 4.87. The minimum absolute atomic E-state index is 0.133. The van der Waals surface area contributed by atoms with Crippen molar-refractivity contribution in [2.75, 3.05) is 39.5 Å². The molecule has 10 heteroatoms. The summed E-state index contributed by atoms with van der Waals surface area (Å²) in [6, 6.07) is 7.32. The molecule has 2 aromatic rings. The van der Waals surface area contributed by atoms with Gasteiger partial charge in [-0.2, -0.15) is 0 Å². The first-order valence-electron chi connectivity index (χ1n) is 9.79. The molecule has 2 rings (SSSR count). The molecule has 0 saturated heterocycles. The van der Waals surface area contributed by atoms with Crippen molar-refractivity contribution in [3.05, 3.63) is 41.5 Å². The van der Waals surface area contributed by atoms with Crippen molar-refractivity contribution in [3.63, 3.8) is 0 Å². The number of hydrogen-bond acceptors (Lipinski definition) is 8. The van der Waals surface area contributed by atoms with E-state index in [1.807, 2.05) is 0 Å². The van der Waals surface area contributed by atoms with Gasteiger partial charge in [0.15, 0.2) is 9.84 Å². The summed E-state index contributed by atoms with van der Waals surface area (Å²) in [6.45, 7) is 1.49. The van der Waals surface area contributed by atoms with Crippen LogP contribution in [0.25, 0.3) is 0 Å². The second-order valence-corrected chi connectivity index (χ2v) is 9.28. The Labute approximate surface area is 188 Å². The van der Waals surface area contributed by atoms with Gasteiger partial charge in [-0.1, -0.05) is 6.07 Å². The summed E-state index contributed by atoms with van der Waals surface area (Å²) in [4.78, 5) is 11.2. The van der Waals surface area contributed by atoms with Crippen LogP contribution in [0.5, 0.6) is 23.0 Å². The summed E-state index contributed by atoms with van der Waals surface area (Å²) >= 11 is 0. The molecule has 0 bridgehead atoms. The number of anilines is 1. The van der Waals surface area contributed by atoms with Crippen LogP contribution in [0.4, 0.5) is 5.69 Å². The molecule has 9 nitrogen and oxygen atoms in total. The fourth-order valence-electron chi connectivity index (χ4n) is 3.16. The zero-order valence-corrected chi connectivity index (χ0v) is 19.6. The highest BCUT2D eigenvalue weighted by Crippen LogP contribution is 2.35. The number of carboxylic acids is 1. The highest BCUT2D eigenvalue weighted by atomic mass is 32.2. The fourth-order valence-corrected chi connectivity index (χ4v) is 4.51. The Balaban J connectivity index is 2.22. The predicted molar refractivity (Wildman–Crippen MR) is 121 cm³/mol. The standard InChI is InChI=1S/C22H29NO8S/c1-14(22(24)25)23-18-10-15(6-7-19(18)29-3)13-32(26,27)9-8-17-20(30-4)11-16(28-2)12-21(17)31-5/h6-7,10-12,14,23H,8-9,13H2,1-5H3,(H,24,25). The largest absolute Gasteiger partial charge is 0.496 e. The molecule has 0 radical (unpaired) electrons. The maximum atomic E-state index is 12.8. The monoisotopic (exact) mass is 467 g/mol. The van der Waals surface area contributed by atoms with Crippen LogP contribution in [-0.4, -0.2) is 59.7 Å². The van der Waals surface area contributed by atoms with Crippen LogP contribution >= 0.6 is 0 Å². The summed E-state index contributed by atoms with van der Waals surface area (Å²) < 4.78 is 46.9. The van der Waals surface area contributed by atoms with Gasteiger partial charge in [0, 0.05) is 17.7 Å². The lowest BCUT2D eigenvalue weighted by atomic mass is 10.1. The molecule has 176 valence electrons. The molecule has 0 spiro atoms. The first-order valence-corrected chi connectivity index (χ1v) is 11.6. The average molecular weight is 468 g/mol. The van der Waals surface area contributed by atoms with E-state index in [-0.39, 0.29) is 17.9 Å². The second kappa shape index (κ2) is 10.9. The van der Waals surface area contributed by atoms with Crippen LogP contribution in [0.1, 0.15) is 18.1 Å². The molecule has 0 aliphatic carbocycles. The third kappa shape index (κ3) is 6.43. The number of hydrogen-bond donors (Lipinski definition) is 2. The number of ether oxygens (including phenoxy) is 4. The van der Waals surface area contributed by atoms with Gasteiger partial charge >= 0.3 is 5.97 Å². The van der Waals surface area contributed by atoms with E-state index in [1.165, 1.54) is 35.4 Å². The van der Waals surface area contributed by atoms with Gasteiger partial charge in [0.25, 0.3) is 0 Å². The quantitative estimate of drug-likeness (QED) is 0.485. The number of carboxylic acid groups (broad SMARTS) is 1. The number of methoxy groups -OCH3 is 4. The molecule has 32 heavy (non-hydrogen) atoms. The molecule has 0 aliphatic heterocycles. The van der Waals surface area contributed by atoms with E-state index in [1.54, 1.807) is 30.3 Å². The maximum absolute atomic E-state index is 12.8. The average Bonchev–Trinajstić information content (AvgIpc) is 2.76. The van der Waals surface area contributed by atoms with Gasteiger partial charge in [-0.15, -0.1) is 0 Å². The highest BCUT2D eigenvalue weighted by Gasteiger charge is 2.20. The molecule has 0 amide bonds. The number of aliphatic carboxylic acids is 1. The molecule has 0 heterocycles. The number of rotatable bonds is 12. The summed E-state index contributed by atoms with van der Waals surface area (Å²) in [5, 5.41) is 12.0. The lowest BCUT2D eigenvalue weighted by Gasteiger charge is -2.16. The van der Waals surface area contributed by atoms with Crippen molar-refractivity contribution in [3.8, 4) is 23.0 Å². The Kier molecular flexibility index (Phi) is 8.59. The molecular formula is C22H29NO8S. The summed E-state index contributed by atoms with van der Waals surface area (Å²) in [6.07, 6.45) is 0.190. The Morgan fingerprint density at radius 3 is 2.06 bits per heavy atom. The van der Waals surface area contributed by atoms with E-state index >= 15 is 0 Å². The normalized spacial score (nSPS) is 12.0. The van der Waals surface area contributed by atoms with Gasteiger partial charge in [0.2, 0.25) is 0 Å². The topological polar surface area (TPSA) is 120 Å². The lowest BCUT2D eigenvalue weighted by molar-refractivity contribution is -0.137. The molecule has 1 atom stereocenters. The van der Waals surface area contributed by atoms with Crippen LogP contribution in [0.3, 0.4) is 0 Å². The fraction of sp³-hybridized carbons (Fsp3) is 0.409. The van der Waals surface area contributed by atoms with Gasteiger partial charge < -0.3 is 29.4 Å². The van der Waals surface area contributed by atoms with Crippen LogP contribution in [-0.2, 0) is 26.8 Å². The summed E-state index contributed by atoms with van der Waals surface area (Å²) in [5.74, 6) is 0.545. The smallest absolute Gasteiger partial charge is 0.325 e. The molecule has 0 aliphatic rings. The minimum Gasteiger partial charge on any atom is -0.496 e. The second-order valence-electron chi connectivity index (χ2n) is 7.09. The lowest BCUT2D eigenvalue weighted by Crippen LogP contribution is -2.25. The van der Waals surface area contributed by atoms with Crippen LogP contribution < -0.4 is 24.3 Å². The molecule has 2 aromatic carbocycles. The maximum Gasteiger partial charge on any atom is 0.325 e. The number of carbonyl (C=O) groups is 1. The van der Waals surface area contributed by atoms with E-state index < -0.39 is 21.8 Å². The van der Waals surface area contributed by atoms with E-state index in [4.69, 9.17) is 24.1 Å². The first-order chi connectivity index (χ1) is 15.1. The van der Waals surface area contributed by atoms with Crippen LogP contribution in [0.2, 0.25) is 0 Å². The number of nitrogens with one attached hydrogen (secondary N) is 1. The molecule has 1 unspecified atom stereocenters. The van der Waals surface area contributed by atoms with Gasteiger partial charge in [-0.3, -0.25) is 4.79 Å². The minimum atomic E-state index is -3.51. The van der Waals surface area contributed by atoms with Crippen LogP contribution in [0.15, 0.2) is 30.3 Å². The summed E-state index contributed by atoms with van der Waals surface area (Å²) in [5.41, 5.74) is 1.56. The zero-order valence-electron chi connectivity index (χ0n) is 18.8. The third-order valence-corrected chi connectivity index (χ3v) is 6.47. The SMILES string of the molecule is COc1cc(OC)c(CCS(=O)(=O)Cc2ccc(OC)c(NC(C)C(=O)O)c2)c(OC)c1.